The molecule has 0 saturated carbocycles. The van der Waals surface area contributed by atoms with Gasteiger partial charge in [0.1, 0.15) is 0 Å². The molecule has 0 aromatic carbocycles. The van der Waals surface area contributed by atoms with Gasteiger partial charge >= 0.3 is 0 Å². The van der Waals surface area contributed by atoms with E-state index in [1.165, 1.54) is 0 Å². The van der Waals surface area contributed by atoms with Gasteiger partial charge in [0.15, 0.2) is 0 Å². The van der Waals surface area contributed by atoms with E-state index in [4.69, 9.17) is 0 Å². The summed E-state index contributed by atoms with van der Waals surface area (Å²) >= 11 is 0. The maximum Gasteiger partial charge on any atom is 0.0832 e. The van der Waals surface area contributed by atoms with Crippen molar-refractivity contribution in [1.82, 2.24) is 20.3 Å². The van der Waals surface area contributed by atoms with Crippen molar-refractivity contribution in [2.45, 2.75) is 39.7 Å². The van der Waals surface area contributed by atoms with Gasteiger partial charge in [0.05, 0.1) is 5.69 Å². The van der Waals surface area contributed by atoms with Crippen LogP contribution in [0.1, 0.15) is 32.9 Å². The first-order chi connectivity index (χ1) is 6.93. The lowest BCUT2D eigenvalue weighted by Gasteiger charge is -2.26. The molecule has 1 N–H and O–H groups in total. The van der Waals surface area contributed by atoms with Gasteiger partial charge in [0, 0.05) is 19.3 Å². The molecule has 0 aliphatic heterocycles. The average Bonchev–Trinajstić information content (AvgIpc) is 2.49. The predicted octanol–water partition coefficient (Wildman–Crippen LogP) is 1.38. The molecule has 1 atom stereocenters. The first-order valence-electron chi connectivity index (χ1n) is 5.45. The maximum atomic E-state index is 4.13. The number of hydrogen-bond acceptors (Lipinski definition) is 3. The molecule has 0 radical (unpaired) electrons. The molecule has 4 heteroatoms. The molecular formula is C11H22N4. The zero-order chi connectivity index (χ0) is 11.5. The van der Waals surface area contributed by atoms with Crippen LogP contribution in [0.4, 0.5) is 0 Å². The first-order valence-corrected chi connectivity index (χ1v) is 5.45. The Morgan fingerprint density at radius 2 is 2.20 bits per heavy atom. The van der Waals surface area contributed by atoms with Crippen LogP contribution in [0.15, 0.2) is 6.20 Å². The van der Waals surface area contributed by atoms with Gasteiger partial charge in [-0.1, -0.05) is 19.1 Å². The van der Waals surface area contributed by atoms with E-state index in [0.717, 1.165) is 18.5 Å². The number of aryl methyl sites for hydroxylation is 1. The number of rotatable bonds is 5. The van der Waals surface area contributed by atoms with Crippen molar-refractivity contribution in [3.8, 4) is 0 Å². The summed E-state index contributed by atoms with van der Waals surface area (Å²) in [5, 5.41) is 11.3. The summed E-state index contributed by atoms with van der Waals surface area (Å²) < 4.78 is 1.76. The van der Waals surface area contributed by atoms with Crippen molar-refractivity contribution in [2.75, 3.05) is 7.05 Å². The summed E-state index contributed by atoms with van der Waals surface area (Å²) in [5.41, 5.74) is 1.34. The standard InChI is InChI=1S/C11H22N4/c1-9(12-4)6-11(2,3)7-10-8-15(5)14-13-10/h8-9,12H,6-7H2,1-5H3. The first kappa shape index (κ1) is 12.2. The molecule has 0 amide bonds. The van der Waals surface area contributed by atoms with Crippen LogP contribution in [-0.2, 0) is 13.5 Å². The van der Waals surface area contributed by atoms with Crippen molar-refractivity contribution in [1.29, 1.82) is 0 Å². The molecule has 1 heterocycles. The monoisotopic (exact) mass is 210 g/mol. The van der Waals surface area contributed by atoms with Gasteiger partial charge in [0.2, 0.25) is 0 Å². The molecule has 0 fully saturated rings. The number of hydrogen-bond donors (Lipinski definition) is 1. The van der Waals surface area contributed by atoms with Crippen molar-refractivity contribution < 1.29 is 0 Å². The van der Waals surface area contributed by atoms with E-state index in [-0.39, 0.29) is 5.41 Å². The van der Waals surface area contributed by atoms with Crippen molar-refractivity contribution in [2.24, 2.45) is 12.5 Å². The summed E-state index contributed by atoms with van der Waals surface area (Å²) in [4.78, 5) is 0. The molecule has 1 aromatic heterocycles. The lowest BCUT2D eigenvalue weighted by molar-refractivity contribution is 0.291. The Bertz CT molecular complexity index is 303. The van der Waals surface area contributed by atoms with E-state index in [9.17, 15) is 0 Å². The molecule has 0 bridgehead atoms. The Balaban J connectivity index is 2.55. The van der Waals surface area contributed by atoms with Crippen LogP contribution in [0.25, 0.3) is 0 Å². The normalized spacial score (nSPS) is 14.2. The average molecular weight is 210 g/mol. The van der Waals surface area contributed by atoms with E-state index in [1.54, 1.807) is 4.68 Å². The Morgan fingerprint density at radius 3 is 2.67 bits per heavy atom. The van der Waals surface area contributed by atoms with Gasteiger partial charge in [-0.3, -0.25) is 4.68 Å². The minimum absolute atomic E-state index is 0.262. The van der Waals surface area contributed by atoms with Crippen LogP contribution in [0.5, 0.6) is 0 Å². The summed E-state index contributed by atoms with van der Waals surface area (Å²) in [6, 6.07) is 0.539. The van der Waals surface area contributed by atoms with Crippen LogP contribution in [0.3, 0.4) is 0 Å². The number of nitrogens with zero attached hydrogens (tertiary/aromatic N) is 3. The third kappa shape index (κ3) is 4.00. The van der Waals surface area contributed by atoms with Gasteiger partial charge in [-0.05, 0) is 32.2 Å². The lowest BCUT2D eigenvalue weighted by atomic mass is 9.82. The van der Waals surface area contributed by atoms with Gasteiger partial charge in [0.25, 0.3) is 0 Å². The SMILES string of the molecule is CNC(C)CC(C)(C)Cc1cn(C)nn1. The second-order valence-corrected chi connectivity index (χ2v) is 5.12. The highest BCUT2D eigenvalue weighted by molar-refractivity contribution is 4.97. The van der Waals surface area contributed by atoms with Crippen LogP contribution < -0.4 is 5.32 Å². The molecule has 86 valence electrons. The molecule has 1 aromatic rings. The number of aromatic nitrogens is 3. The summed E-state index contributed by atoms with van der Waals surface area (Å²) in [6.07, 6.45) is 4.11. The predicted molar refractivity (Wildman–Crippen MR) is 61.6 cm³/mol. The van der Waals surface area contributed by atoms with Crippen LogP contribution in [0, 0.1) is 5.41 Å². The molecule has 0 aliphatic carbocycles. The summed E-state index contributed by atoms with van der Waals surface area (Å²) in [5.74, 6) is 0. The van der Waals surface area contributed by atoms with E-state index >= 15 is 0 Å². The van der Waals surface area contributed by atoms with E-state index in [0.29, 0.717) is 6.04 Å². The molecule has 1 unspecified atom stereocenters. The Labute approximate surface area is 92.1 Å². The highest BCUT2D eigenvalue weighted by Crippen LogP contribution is 2.26. The van der Waals surface area contributed by atoms with Crippen LogP contribution in [-0.4, -0.2) is 28.1 Å². The smallest absolute Gasteiger partial charge is 0.0832 e. The quantitative estimate of drug-likeness (QED) is 0.798. The van der Waals surface area contributed by atoms with E-state index in [2.05, 4.69) is 36.4 Å². The second-order valence-electron chi connectivity index (χ2n) is 5.12. The summed E-state index contributed by atoms with van der Waals surface area (Å²) in [7, 11) is 3.91. The fourth-order valence-electron chi connectivity index (χ4n) is 1.97. The molecular weight excluding hydrogens is 188 g/mol. The van der Waals surface area contributed by atoms with Gasteiger partial charge in [-0.2, -0.15) is 0 Å². The number of nitrogens with one attached hydrogen (secondary N) is 1. The molecule has 0 spiro atoms. The topological polar surface area (TPSA) is 42.7 Å². The fraction of sp³-hybridized carbons (Fsp3) is 0.818. The Hall–Kier alpha value is -0.900. The third-order valence-electron chi connectivity index (χ3n) is 2.66. The van der Waals surface area contributed by atoms with Crippen molar-refractivity contribution >= 4 is 0 Å². The fourth-order valence-corrected chi connectivity index (χ4v) is 1.97. The molecule has 4 nitrogen and oxygen atoms in total. The Morgan fingerprint density at radius 1 is 1.53 bits per heavy atom. The summed E-state index contributed by atoms with van der Waals surface area (Å²) in [6.45, 7) is 6.75. The van der Waals surface area contributed by atoms with Crippen LogP contribution >= 0.6 is 0 Å². The maximum absolute atomic E-state index is 4.13. The van der Waals surface area contributed by atoms with E-state index in [1.807, 2.05) is 20.3 Å². The lowest BCUT2D eigenvalue weighted by Crippen LogP contribution is -2.29. The minimum atomic E-state index is 0.262. The molecule has 0 saturated heterocycles. The zero-order valence-electron chi connectivity index (χ0n) is 10.4. The van der Waals surface area contributed by atoms with Gasteiger partial charge in [-0.15, -0.1) is 5.10 Å². The minimum Gasteiger partial charge on any atom is -0.317 e. The van der Waals surface area contributed by atoms with Crippen LogP contribution in [0.2, 0.25) is 0 Å². The second kappa shape index (κ2) is 4.75. The highest BCUT2D eigenvalue weighted by Gasteiger charge is 2.22. The van der Waals surface area contributed by atoms with Crippen molar-refractivity contribution in [3.63, 3.8) is 0 Å². The van der Waals surface area contributed by atoms with Gasteiger partial charge in [-0.25, -0.2) is 0 Å². The molecule has 0 aliphatic rings. The van der Waals surface area contributed by atoms with Gasteiger partial charge < -0.3 is 5.32 Å². The van der Waals surface area contributed by atoms with Crippen molar-refractivity contribution in [3.05, 3.63) is 11.9 Å². The molecule has 15 heavy (non-hydrogen) atoms. The largest absolute Gasteiger partial charge is 0.317 e. The highest BCUT2D eigenvalue weighted by atomic mass is 15.4. The Kier molecular flexibility index (Phi) is 3.85. The van der Waals surface area contributed by atoms with E-state index < -0.39 is 0 Å². The third-order valence-corrected chi connectivity index (χ3v) is 2.66. The molecule has 1 rings (SSSR count). The zero-order valence-corrected chi connectivity index (χ0v) is 10.4.